The molecular weight excluding hydrogens is 681 g/mol. The van der Waals surface area contributed by atoms with Gasteiger partial charge in [-0.3, -0.25) is 0 Å². The molecule has 0 unspecified atom stereocenters. The van der Waals surface area contributed by atoms with E-state index < -0.39 is 84.4 Å². The molecule has 29 heteroatoms. The summed E-state index contributed by atoms with van der Waals surface area (Å²) in [6, 6.07) is 0. The van der Waals surface area contributed by atoms with Gasteiger partial charge in [0, 0.05) is 0 Å². The molecule has 0 N–H and O–H groups in total. The van der Waals surface area contributed by atoms with E-state index >= 15 is 0 Å². The van der Waals surface area contributed by atoms with Crippen LogP contribution in [-0.2, 0) is 89.6 Å². The van der Waals surface area contributed by atoms with Crippen LogP contribution in [0, 0.1) is 0 Å². The Bertz CT molecular complexity index is 858. The molecule has 0 fully saturated rings. The SMILES string of the molecule is O=S(=O)([O-])SS(=O)(=O)[O-].O=S(=O)([O-])SS(=O)(=O)[O-].O=S(=O)([O-])SS(=O)(=O)[O-].[Cr+3].[Cr+3]. The van der Waals surface area contributed by atoms with E-state index in [2.05, 4.69) is 0 Å². The minimum atomic E-state index is -5.02. The molecule has 18 nitrogen and oxygen atoms in total. The van der Waals surface area contributed by atoms with E-state index in [0.717, 1.165) is 0 Å². The molecule has 0 atom stereocenters. The van der Waals surface area contributed by atoms with Gasteiger partial charge in [0.25, 0.3) is 0 Å². The maximum atomic E-state index is 9.48. The van der Waals surface area contributed by atoms with E-state index in [1.54, 1.807) is 0 Å². The summed E-state index contributed by atoms with van der Waals surface area (Å²) in [6.07, 6.45) is 0. The number of hydrogen-bond acceptors (Lipinski definition) is 21. The van der Waals surface area contributed by atoms with Crippen molar-refractivity contribution < 1.29 is 113 Å². The van der Waals surface area contributed by atoms with Crippen LogP contribution in [0.4, 0.5) is 0 Å². The molecular formula is Cr2O18S9. The van der Waals surface area contributed by atoms with Crippen LogP contribution in [-0.4, -0.2) is 77.8 Å². The molecule has 0 aromatic carbocycles. The van der Waals surface area contributed by atoms with Crippen molar-refractivity contribution in [2.75, 3.05) is 0 Å². The smallest absolute Gasteiger partial charge is 0.739 e. The van der Waals surface area contributed by atoms with Crippen LogP contribution in [0.1, 0.15) is 0 Å². The first-order valence-electron chi connectivity index (χ1n) is 4.00. The van der Waals surface area contributed by atoms with Gasteiger partial charge in [-0.1, -0.05) is 0 Å². The van der Waals surface area contributed by atoms with E-state index in [9.17, 15) is 77.8 Å². The van der Waals surface area contributed by atoms with Crippen LogP contribution < -0.4 is 0 Å². The molecule has 0 bridgehead atoms. The summed E-state index contributed by atoms with van der Waals surface area (Å²) < 4.78 is 171. The molecule has 174 valence electrons. The van der Waals surface area contributed by atoms with Crippen molar-refractivity contribution in [1.82, 2.24) is 0 Å². The van der Waals surface area contributed by atoms with Crippen LogP contribution in [0.25, 0.3) is 0 Å². The molecule has 0 amide bonds. The van der Waals surface area contributed by atoms with Gasteiger partial charge in [-0.05, 0) is 0 Å². The second-order valence-corrected chi connectivity index (χ2v) is 20.2. The molecule has 0 heterocycles. The van der Waals surface area contributed by atoms with Crippen LogP contribution in [0.15, 0.2) is 0 Å². The van der Waals surface area contributed by atoms with Crippen molar-refractivity contribution in [2.24, 2.45) is 0 Å². The van der Waals surface area contributed by atoms with Gasteiger partial charge in [0.15, 0.2) is 54.9 Å². The summed E-state index contributed by atoms with van der Waals surface area (Å²) in [5.74, 6) is 0. The first-order valence-corrected chi connectivity index (χ1v) is 18.0. The molecule has 0 aromatic heterocycles. The van der Waals surface area contributed by atoms with E-state index in [0.29, 0.717) is 0 Å². The molecule has 0 spiro atoms. The molecule has 0 saturated heterocycles. The normalized spacial score (nSPS) is 12.6. The molecule has 0 saturated carbocycles. The van der Waals surface area contributed by atoms with Crippen molar-refractivity contribution in [3.8, 4) is 0 Å². The first kappa shape index (κ1) is 40.9. The Hall–Kier alpha value is 1.57. The molecule has 29 heavy (non-hydrogen) atoms. The Kier molecular flexibility index (Phi) is 20.7. The van der Waals surface area contributed by atoms with Crippen molar-refractivity contribution in [1.29, 1.82) is 0 Å². The maximum Gasteiger partial charge on any atom is 3.00 e. The van der Waals surface area contributed by atoms with Crippen molar-refractivity contribution in [2.45, 2.75) is 0 Å². The zero-order valence-electron chi connectivity index (χ0n) is 11.8. The van der Waals surface area contributed by atoms with Gasteiger partial charge >= 0.3 is 34.7 Å². The van der Waals surface area contributed by atoms with Gasteiger partial charge in [0.1, 0.15) is 0 Å². The average Bonchev–Trinajstić information content (AvgIpc) is 1.96. The van der Waals surface area contributed by atoms with Gasteiger partial charge in [-0.2, -0.15) is 0 Å². The summed E-state index contributed by atoms with van der Waals surface area (Å²) in [7, 11) is -33.6. The monoisotopic (exact) mass is 680 g/mol. The van der Waals surface area contributed by atoms with Crippen molar-refractivity contribution >= 4 is 84.4 Å². The fourth-order valence-electron chi connectivity index (χ4n) is 0.306. The predicted octanol–water partition coefficient (Wildman–Crippen LogP) is -4.08. The van der Waals surface area contributed by atoms with Gasteiger partial charge in [-0.25, -0.2) is 50.5 Å². The zero-order chi connectivity index (χ0) is 23.1. The Balaban J connectivity index is -0.0000000960. The fourth-order valence-corrected chi connectivity index (χ4v) is 8.27. The van der Waals surface area contributed by atoms with Crippen LogP contribution in [0.5, 0.6) is 0 Å². The van der Waals surface area contributed by atoms with Gasteiger partial charge < -0.3 is 27.3 Å². The first-order chi connectivity index (χ1) is 11.1. The van der Waals surface area contributed by atoms with Gasteiger partial charge in [-0.15, -0.1) is 0 Å². The molecule has 0 rings (SSSR count). The topological polar surface area (TPSA) is 343 Å². The zero-order valence-corrected chi connectivity index (χ0v) is 21.7. The Labute approximate surface area is 195 Å². The van der Waals surface area contributed by atoms with Gasteiger partial charge in [0.2, 0.25) is 0 Å². The summed E-state index contributed by atoms with van der Waals surface area (Å²) in [5, 5.41) is 0. The predicted molar refractivity (Wildman–Crippen MR) is 81.0 cm³/mol. The molecule has 0 aliphatic carbocycles. The molecule has 0 aromatic rings. The molecule has 0 aliphatic heterocycles. The van der Waals surface area contributed by atoms with E-state index in [1.807, 2.05) is 0 Å². The second kappa shape index (κ2) is 14.7. The quantitative estimate of drug-likeness (QED) is 0.190. The largest absolute Gasteiger partial charge is 3.00 e. The summed E-state index contributed by atoms with van der Waals surface area (Å²) in [4.78, 5) is 0. The summed E-state index contributed by atoms with van der Waals surface area (Å²) in [5.41, 5.74) is 0. The third-order valence-corrected chi connectivity index (χ3v) is 13.5. The van der Waals surface area contributed by atoms with Gasteiger partial charge in [0.05, 0.1) is 29.5 Å². The van der Waals surface area contributed by atoms with Crippen LogP contribution in [0.3, 0.4) is 0 Å². The average molecular weight is 681 g/mol. The molecule has 2 radical (unpaired) electrons. The van der Waals surface area contributed by atoms with E-state index in [4.69, 9.17) is 0 Å². The Morgan fingerprint density at radius 1 is 0.310 bits per heavy atom. The molecule has 0 aliphatic rings. The third-order valence-electron chi connectivity index (χ3n) is 0.500. The summed E-state index contributed by atoms with van der Waals surface area (Å²) in [6.45, 7) is 0. The van der Waals surface area contributed by atoms with E-state index in [1.165, 1.54) is 0 Å². The maximum absolute atomic E-state index is 9.48. The van der Waals surface area contributed by atoms with E-state index in [-0.39, 0.29) is 34.7 Å². The summed E-state index contributed by atoms with van der Waals surface area (Å²) >= 11 is 0. The fraction of sp³-hybridized carbons (Fsp3) is 0. The minimum Gasteiger partial charge on any atom is -0.739 e. The van der Waals surface area contributed by atoms with Crippen molar-refractivity contribution in [3.63, 3.8) is 0 Å². The Morgan fingerprint density at radius 3 is 0.379 bits per heavy atom. The number of rotatable bonds is 6. The van der Waals surface area contributed by atoms with Crippen LogP contribution in [0.2, 0.25) is 0 Å². The standard InChI is InChI=1S/2Cr.3H2O6S3/c;;3*1-8(2,3)7-9(4,5)6/h;;3*(H,1,2,3)(H,4,5,6)/q2*+3;;;/p-6. The number of hydrogen-bond donors (Lipinski definition) is 0. The third kappa shape index (κ3) is 58.7. The second-order valence-electron chi connectivity index (χ2n) is 2.65. The van der Waals surface area contributed by atoms with Crippen molar-refractivity contribution in [3.05, 3.63) is 0 Å². The van der Waals surface area contributed by atoms with Crippen LogP contribution >= 0.6 is 29.5 Å². The Morgan fingerprint density at radius 2 is 0.379 bits per heavy atom. The minimum absolute atomic E-state index is 0.